The van der Waals surface area contributed by atoms with Crippen molar-refractivity contribution in [2.45, 2.75) is 6.61 Å². The third-order valence-electron chi connectivity index (χ3n) is 4.82. The second kappa shape index (κ2) is 7.75. The largest absolute Gasteiger partial charge is 0.457 e. The summed E-state index contributed by atoms with van der Waals surface area (Å²) >= 11 is 0. The lowest BCUT2D eigenvalue weighted by Crippen LogP contribution is -2.01. The van der Waals surface area contributed by atoms with Crippen LogP contribution < -0.4 is 4.74 Å². The summed E-state index contributed by atoms with van der Waals surface area (Å²) in [5, 5.41) is 5.70. The molecule has 30 heavy (non-hydrogen) atoms. The highest BCUT2D eigenvalue weighted by Crippen LogP contribution is 2.30. The maximum Gasteiger partial charge on any atom is 0.316 e. The normalized spacial score (nSPS) is 11.0. The van der Waals surface area contributed by atoms with E-state index in [1.807, 2.05) is 67.8 Å². The summed E-state index contributed by atoms with van der Waals surface area (Å²) in [5.74, 6) is 0. The van der Waals surface area contributed by atoms with Crippen LogP contribution in [0.2, 0.25) is 0 Å². The van der Waals surface area contributed by atoms with Crippen LogP contribution in [0.15, 0.2) is 85.3 Å². The Morgan fingerprint density at radius 3 is 2.43 bits per heavy atom. The fourth-order valence-electron chi connectivity index (χ4n) is 3.37. The van der Waals surface area contributed by atoms with Crippen molar-refractivity contribution in [1.29, 1.82) is 0 Å². The van der Waals surface area contributed by atoms with Gasteiger partial charge in [-0.2, -0.15) is 5.10 Å². The van der Waals surface area contributed by atoms with Crippen LogP contribution in [0.5, 0.6) is 6.01 Å². The van der Waals surface area contributed by atoms with Gasteiger partial charge in [-0.15, -0.1) is 0 Å². The Kier molecular flexibility index (Phi) is 4.65. The minimum Gasteiger partial charge on any atom is -0.457 e. The number of aromatic nitrogens is 5. The number of ether oxygens (including phenoxy) is 1. The molecule has 0 N–H and O–H groups in total. The zero-order chi connectivity index (χ0) is 20.3. The van der Waals surface area contributed by atoms with Gasteiger partial charge in [0.1, 0.15) is 12.3 Å². The van der Waals surface area contributed by atoms with Gasteiger partial charge >= 0.3 is 6.01 Å². The number of hydrogen-bond acceptors (Lipinski definition) is 5. The van der Waals surface area contributed by atoms with Crippen LogP contribution in [-0.2, 0) is 13.7 Å². The minimum atomic E-state index is 0.309. The van der Waals surface area contributed by atoms with Gasteiger partial charge in [0.2, 0.25) is 0 Å². The molecule has 6 heteroatoms. The van der Waals surface area contributed by atoms with Crippen molar-refractivity contribution in [3.05, 3.63) is 91.0 Å². The van der Waals surface area contributed by atoms with Gasteiger partial charge < -0.3 is 4.74 Å². The molecule has 0 saturated carbocycles. The van der Waals surface area contributed by atoms with Crippen molar-refractivity contribution < 1.29 is 4.74 Å². The van der Waals surface area contributed by atoms with Gasteiger partial charge in [0, 0.05) is 42.2 Å². The standard InChI is InChI=1S/C24H19N5O/c1-29-15-21(17-7-3-2-4-8-17)23(28-29)19-13-25-24(26-14-19)30-16-20-12-11-18-9-5-6-10-22(18)27-20/h2-15H,16H2,1H3. The number of aryl methyl sites for hydroxylation is 1. The summed E-state index contributed by atoms with van der Waals surface area (Å²) in [6.07, 6.45) is 5.48. The average molecular weight is 393 g/mol. The van der Waals surface area contributed by atoms with Gasteiger partial charge in [-0.05, 0) is 17.7 Å². The number of rotatable bonds is 5. The lowest BCUT2D eigenvalue weighted by atomic mass is 10.0. The molecule has 0 fully saturated rings. The summed E-state index contributed by atoms with van der Waals surface area (Å²) in [6.45, 7) is 0.309. The molecule has 5 aromatic rings. The number of fused-ring (bicyclic) bond motifs is 1. The Morgan fingerprint density at radius 1 is 0.833 bits per heavy atom. The monoisotopic (exact) mass is 393 g/mol. The van der Waals surface area contributed by atoms with Crippen molar-refractivity contribution in [3.8, 4) is 28.4 Å². The first-order valence-electron chi connectivity index (χ1n) is 9.65. The Labute approximate surface area is 173 Å². The Balaban J connectivity index is 1.35. The third kappa shape index (κ3) is 3.63. The van der Waals surface area contributed by atoms with Crippen molar-refractivity contribution in [3.63, 3.8) is 0 Å². The van der Waals surface area contributed by atoms with Crippen LogP contribution >= 0.6 is 0 Å². The molecular weight excluding hydrogens is 374 g/mol. The van der Waals surface area contributed by atoms with Gasteiger partial charge in [0.15, 0.2) is 0 Å². The highest BCUT2D eigenvalue weighted by atomic mass is 16.5. The second-order valence-corrected chi connectivity index (χ2v) is 6.97. The topological polar surface area (TPSA) is 65.7 Å². The molecule has 0 radical (unpaired) electrons. The van der Waals surface area contributed by atoms with Crippen LogP contribution in [-0.4, -0.2) is 24.7 Å². The van der Waals surface area contributed by atoms with Crippen molar-refractivity contribution in [2.24, 2.45) is 7.05 Å². The summed E-state index contributed by atoms with van der Waals surface area (Å²) in [4.78, 5) is 13.3. The Hall–Kier alpha value is -4.06. The zero-order valence-electron chi connectivity index (χ0n) is 16.4. The zero-order valence-corrected chi connectivity index (χ0v) is 16.4. The van der Waals surface area contributed by atoms with E-state index in [0.717, 1.165) is 39.0 Å². The van der Waals surface area contributed by atoms with Crippen LogP contribution in [0.1, 0.15) is 5.69 Å². The molecule has 0 atom stereocenters. The first-order valence-corrected chi connectivity index (χ1v) is 9.65. The molecule has 0 unspecified atom stereocenters. The van der Waals surface area contributed by atoms with E-state index < -0.39 is 0 Å². The van der Waals surface area contributed by atoms with Crippen molar-refractivity contribution in [1.82, 2.24) is 24.7 Å². The number of nitrogens with zero attached hydrogens (tertiary/aromatic N) is 5. The van der Waals surface area contributed by atoms with E-state index in [-0.39, 0.29) is 0 Å². The molecule has 0 amide bonds. The fourth-order valence-corrected chi connectivity index (χ4v) is 3.37. The lowest BCUT2D eigenvalue weighted by Gasteiger charge is -2.06. The van der Waals surface area contributed by atoms with Crippen molar-refractivity contribution in [2.75, 3.05) is 0 Å². The van der Waals surface area contributed by atoms with E-state index >= 15 is 0 Å². The molecule has 5 rings (SSSR count). The van der Waals surface area contributed by atoms with Gasteiger partial charge in [0.05, 0.1) is 11.2 Å². The van der Waals surface area contributed by atoms with E-state index in [0.29, 0.717) is 12.6 Å². The molecule has 3 aromatic heterocycles. The second-order valence-electron chi connectivity index (χ2n) is 6.97. The molecule has 0 aliphatic heterocycles. The van der Waals surface area contributed by atoms with E-state index in [1.54, 1.807) is 17.1 Å². The highest BCUT2D eigenvalue weighted by Gasteiger charge is 2.13. The SMILES string of the molecule is Cn1cc(-c2ccccc2)c(-c2cnc(OCc3ccc4ccccc4n3)nc2)n1. The molecular formula is C24H19N5O. The first kappa shape index (κ1) is 18.0. The van der Waals surface area contributed by atoms with Crippen LogP contribution in [0, 0.1) is 0 Å². The van der Waals surface area contributed by atoms with Crippen LogP contribution in [0.3, 0.4) is 0 Å². The van der Waals surface area contributed by atoms with Crippen LogP contribution in [0.4, 0.5) is 0 Å². The summed E-state index contributed by atoms with van der Waals surface area (Å²) in [7, 11) is 1.91. The maximum atomic E-state index is 5.74. The summed E-state index contributed by atoms with van der Waals surface area (Å²) in [5.41, 5.74) is 5.59. The average Bonchev–Trinajstić information content (AvgIpc) is 3.20. The molecule has 0 bridgehead atoms. The molecule has 3 heterocycles. The quantitative estimate of drug-likeness (QED) is 0.434. The molecule has 0 aliphatic carbocycles. The predicted octanol–water partition coefficient (Wildman–Crippen LogP) is 4.67. The van der Waals surface area contributed by atoms with Crippen molar-refractivity contribution >= 4 is 10.9 Å². The molecule has 146 valence electrons. The molecule has 2 aromatic carbocycles. The number of pyridine rings is 1. The highest BCUT2D eigenvalue weighted by molar-refractivity contribution is 5.80. The maximum absolute atomic E-state index is 5.74. The van der Waals surface area contributed by atoms with E-state index in [9.17, 15) is 0 Å². The van der Waals surface area contributed by atoms with E-state index in [2.05, 4.69) is 32.2 Å². The smallest absolute Gasteiger partial charge is 0.316 e. The number of benzene rings is 2. The van der Waals surface area contributed by atoms with Gasteiger partial charge in [0.25, 0.3) is 0 Å². The Bertz CT molecular complexity index is 1300. The minimum absolute atomic E-state index is 0.309. The number of hydrogen-bond donors (Lipinski definition) is 0. The lowest BCUT2D eigenvalue weighted by molar-refractivity contribution is 0.277. The molecule has 0 spiro atoms. The van der Waals surface area contributed by atoms with Gasteiger partial charge in [-0.3, -0.25) is 4.68 Å². The predicted molar refractivity (Wildman–Crippen MR) is 116 cm³/mol. The van der Waals surface area contributed by atoms with Gasteiger partial charge in [-0.25, -0.2) is 15.0 Å². The third-order valence-corrected chi connectivity index (χ3v) is 4.82. The van der Waals surface area contributed by atoms with E-state index in [1.165, 1.54) is 0 Å². The van der Waals surface area contributed by atoms with Gasteiger partial charge in [-0.1, -0.05) is 54.6 Å². The number of para-hydroxylation sites is 1. The molecule has 0 aliphatic rings. The molecule has 6 nitrogen and oxygen atoms in total. The van der Waals surface area contributed by atoms with E-state index in [4.69, 9.17) is 4.74 Å². The first-order chi connectivity index (χ1) is 14.8. The van der Waals surface area contributed by atoms with Crippen LogP contribution in [0.25, 0.3) is 33.3 Å². The summed E-state index contributed by atoms with van der Waals surface area (Å²) < 4.78 is 7.54. The fraction of sp³-hybridized carbons (Fsp3) is 0.0833. The Morgan fingerprint density at radius 2 is 1.60 bits per heavy atom. The summed E-state index contributed by atoms with van der Waals surface area (Å²) in [6, 6.07) is 22.5. The molecule has 0 saturated heterocycles.